The predicted molar refractivity (Wildman–Crippen MR) is 209 cm³/mol. The highest BCUT2D eigenvalue weighted by Gasteiger charge is 2.47. The summed E-state index contributed by atoms with van der Waals surface area (Å²) in [7, 11) is -6.31. The third-order valence-corrected chi connectivity index (χ3v) is 18.9. The number of halogens is 1. The monoisotopic (exact) mass is 769 g/mol. The Morgan fingerprint density at radius 1 is 1.10 bits per heavy atom. The van der Waals surface area contributed by atoms with E-state index in [4.69, 9.17) is 25.5 Å². The molecule has 1 amide bonds. The molecule has 1 N–H and O–H groups in total. The number of hydrogen-bond donors (Lipinski definition) is 1. The number of amides is 1. The lowest BCUT2D eigenvalue weighted by atomic mass is 9.68. The molecule has 1 saturated heterocycles. The van der Waals surface area contributed by atoms with E-state index in [-0.39, 0.29) is 41.3 Å². The van der Waals surface area contributed by atoms with Crippen LogP contribution in [0.4, 0.5) is 5.69 Å². The Hall–Kier alpha value is -2.41. The van der Waals surface area contributed by atoms with E-state index in [0.29, 0.717) is 37.2 Å². The first-order valence-corrected chi connectivity index (χ1v) is 24.0. The molecular weight excluding hydrogens is 714 g/mol. The Balaban J connectivity index is 1.29. The van der Waals surface area contributed by atoms with Gasteiger partial charge in [-0.2, -0.15) is 12.7 Å². The molecule has 5 atom stereocenters. The van der Waals surface area contributed by atoms with Crippen molar-refractivity contribution in [1.82, 2.24) is 9.03 Å². The van der Waals surface area contributed by atoms with Gasteiger partial charge >= 0.3 is 10.2 Å². The van der Waals surface area contributed by atoms with Gasteiger partial charge in [0.25, 0.3) is 5.91 Å². The van der Waals surface area contributed by atoms with E-state index >= 15 is 0 Å². The van der Waals surface area contributed by atoms with Crippen LogP contribution in [0.25, 0.3) is 0 Å². The maximum atomic E-state index is 13.9. The first kappa shape index (κ1) is 37.9. The summed E-state index contributed by atoms with van der Waals surface area (Å²) in [6, 6.07) is 11.6. The SMILES string of the molecule is CC(C)(C)[Si](C)(C)OC1/C=C/CCN(CC2CCCO2)S(=O)(=O)NC(=O)c2ccc3c(c2)N(C[C@@H]2CC[C@@H]12)C[C@@]1(CCCc2cc(Cl)ccc21)CO3. The molecule has 2 bridgehead atoms. The highest BCUT2D eigenvalue weighted by atomic mass is 35.5. The number of fused-ring (bicyclic) bond motifs is 4. The van der Waals surface area contributed by atoms with Crippen LogP contribution in [-0.4, -0.2) is 78.5 Å². The largest absolute Gasteiger partial charge is 0.490 e. The third-order valence-electron chi connectivity index (χ3n) is 12.8. The molecule has 1 spiro atoms. The van der Waals surface area contributed by atoms with Gasteiger partial charge in [0, 0.05) is 48.8 Å². The van der Waals surface area contributed by atoms with Crippen LogP contribution in [0.1, 0.15) is 87.2 Å². The lowest BCUT2D eigenvalue weighted by molar-refractivity contribution is 0.0524. The molecule has 9 nitrogen and oxygen atoms in total. The predicted octanol–water partition coefficient (Wildman–Crippen LogP) is 7.65. The van der Waals surface area contributed by atoms with Gasteiger partial charge in [0.1, 0.15) is 5.75 Å². The maximum absolute atomic E-state index is 13.9. The molecule has 12 heteroatoms. The van der Waals surface area contributed by atoms with Crippen LogP contribution >= 0.6 is 11.6 Å². The zero-order valence-electron chi connectivity index (χ0n) is 31.5. The van der Waals surface area contributed by atoms with Crippen LogP contribution in [0, 0.1) is 11.8 Å². The zero-order valence-corrected chi connectivity index (χ0v) is 34.0. The van der Waals surface area contributed by atoms with Crippen molar-refractivity contribution in [2.75, 3.05) is 44.3 Å². The minimum atomic E-state index is -4.17. The average molecular weight is 771 g/mol. The summed E-state index contributed by atoms with van der Waals surface area (Å²) < 4.78 is 51.3. The first-order valence-electron chi connectivity index (χ1n) is 19.2. The van der Waals surface area contributed by atoms with Crippen molar-refractivity contribution in [3.63, 3.8) is 0 Å². The average Bonchev–Trinajstić information content (AvgIpc) is 3.53. The molecular formula is C40H56ClN3O6SSi. The Bertz CT molecular complexity index is 1790. The van der Waals surface area contributed by atoms with Crippen LogP contribution < -0.4 is 14.4 Å². The fourth-order valence-electron chi connectivity index (χ4n) is 8.59. The van der Waals surface area contributed by atoms with Gasteiger partial charge in [-0.15, -0.1) is 0 Å². The summed E-state index contributed by atoms with van der Waals surface area (Å²) in [5.74, 6) is 0.752. The van der Waals surface area contributed by atoms with Crippen LogP contribution in [-0.2, 0) is 31.2 Å². The fourth-order valence-corrected chi connectivity index (χ4v) is 11.3. The van der Waals surface area contributed by atoms with Gasteiger partial charge in [-0.3, -0.25) is 4.79 Å². The van der Waals surface area contributed by atoms with E-state index in [1.807, 2.05) is 18.2 Å². The second-order valence-electron chi connectivity index (χ2n) is 17.3. The molecule has 0 radical (unpaired) electrons. The molecule has 3 aliphatic heterocycles. The fraction of sp³-hybridized carbons (Fsp3) is 0.625. The molecule has 2 fully saturated rings. The van der Waals surface area contributed by atoms with Crippen LogP contribution in [0.5, 0.6) is 5.75 Å². The van der Waals surface area contributed by atoms with Gasteiger partial charge in [-0.1, -0.05) is 50.6 Å². The summed E-state index contributed by atoms with van der Waals surface area (Å²) in [4.78, 5) is 16.2. The van der Waals surface area contributed by atoms with Crippen molar-refractivity contribution in [2.45, 2.75) is 108 Å². The minimum absolute atomic E-state index is 0.0425. The number of carbonyl (C=O) groups excluding carboxylic acids is 1. The van der Waals surface area contributed by atoms with Crippen molar-refractivity contribution in [2.24, 2.45) is 11.8 Å². The Labute approximate surface area is 316 Å². The van der Waals surface area contributed by atoms with Gasteiger partial charge in [0.05, 0.1) is 24.5 Å². The highest BCUT2D eigenvalue weighted by Crippen LogP contribution is 2.48. The Kier molecular flexibility index (Phi) is 10.7. The van der Waals surface area contributed by atoms with Crippen molar-refractivity contribution >= 4 is 41.7 Å². The zero-order chi connectivity index (χ0) is 36.9. The summed E-state index contributed by atoms with van der Waals surface area (Å²) in [6.45, 7) is 14.5. The second kappa shape index (κ2) is 14.7. The summed E-state index contributed by atoms with van der Waals surface area (Å²) in [5, 5.41) is 0.789. The lowest BCUT2D eigenvalue weighted by Crippen LogP contribution is -2.52. The van der Waals surface area contributed by atoms with E-state index in [1.54, 1.807) is 6.07 Å². The van der Waals surface area contributed by atoms with Crippen LogP contribution in [0.3, 0.4) is 0 Å². The molecule has 2 unspecified atom stereocenters. The standard InChI is InChI=1S/C40H56ClN3O6SSi/c1-39(2,3)52(4,5)50-36-12-6-7-20-44(25-32-11-9-21-48-32)51(46,47)42-38(45)29-14-18-37-35(23-29)43(24-30-13-16-33(30)36)26-40(27-49-37)19-8-10-28-22-31(41)15-17-34(28)40/h6,12,14-15,17-18,22-23,30,32-33,36H,7-11,13,16,19-21,24-27H2,1-5H3,(H,42,45)/b12-6+/t30-,32?,33+,36?,40-/m0/s1. The number of rotatable bonds is 4. The number of ether oxygens (including phenoxy) is 2. The van der Waals surface area contributed by atoms with E-state index in [9.17, 15) is 13.2 Å². The van der Waals surface area contributed by atoms with Gasteiger partial charge in [-0.05, 0) is 123 Å². The molecule has 2 aliphatic carbocycles. The lowest BCUT2D eigenvalue weighted by Gasteiger charge is -2.48. The number of benzene rings is 2. The first-order chi connectivity index (χ1) is 24.6. The van der Waals surface area contributed by atoms with Gasteiger partial charge < -0.3 is 18.8 Å². The highest BCUT2D eigenvalue weighted by molar-refractivity contribution is 7.87. The number of anilines is 1. The van der Waals surface area contributed by atoms with E-state index < -0.39 is 24.4 Å². The molecule has 3 heterocycles. The molecule has 1 saturated carbocycles. The number of nitrogens with zero attached hydrogens (tertiary/aromatic N) is 2. The molecule has 7 rings (SSSR count). The van der Waals surface area contributed by atoms with Gasteiger partial charge in [-0.25, -0.2) is 4.72 Å². The van der Waals surface area contributed by atoms with E-state index in [1.165, 1.54) is 15.4 Å². The minimum Gasteiger partial charge on any atom is -0.490 e. The van der Waals surface area contributed by atoms with Crippen LogP contribution in [0.2, 0.25) is 23.2 Å². The Morgan fingerprint density at radius 3 is 2.65 bits per heavy atom. The third kappa shape index (κ3) is 7.73. The molecule has 52 heavy (non-hydrogen) atoms. The Morgan fingerprint density at radius 2 is 1.92 bits per heavy atom. The number of carbonyl (C=O) groups is 1. The summed E-state index contributed by atoms with van der Waals surface area (Å²) in [6.07, 6.45) is 11.4. The summed E-state index contributed by atoms with van der Waals surface area (Å²) in [5.41, 5.74) is 3.41. The van der Waals surface area contributed by atoms with Gasteiger partial charge in [0.15, 0.2) is 8.32 Å². The van der Waals surface area contributed by atoms with E-state index in [0.717, 1.165) is 68.7 Å². The van der Waals surface area contributed by atoms with Crippen molar-refractivity contribution in [3.05, 3.63) is 70.3 Å². The van der Waals surface area contributed by atoms with Crippen molar-refractivity contribution in [1.29, 1.82) is 0 Å². The van der Waals surface area contributed by atoms with E-state index in [2.05, 4.69) is 67.8 Å². The number of aryl methyl sites for hydroxylation is 1. The maximum Gasteiger partial charge on any atom is 0.304 e. The smallest absolute Gasteiger partial charge is 0.304 e. The van der Waals surface area contributed by atoms with Gasteiger partial charge in [0.2, 0.25) is 0 Å². The quantitative estimate of drug-likeness (QED) is 0.252. The molecule has 2 aromatic rings. The summed E-state index contributed by atoms with van der Waals surface area (Å²) >= 11 is 6.49. The second-order valence-corrected chi connectivity index (χ2v) is 24.1. The molecule has 5 aliphatic rings. The molecule has 2 aromatic carbocycles. The number of nitrogens with one attached hydrogen (secondary N) is 1. The topological polar surface area (TPSA) is 97.4 Å². The van der Waals surface area contributed by atoms with Crippen molar-refractivity contribution in [3.8, 4) is 5.75 Å². The number of hydrogen-bond acceptors (Lipinski definition) is 7. The van der Waals surface area contributed by atoms with Crippen molar-refractivity contribution < 1.29 is 27.1 Å². The van der Waals surface area contributed by atoms with Crippen LogP contribution in [0.15, 0.2) is 48.6 Å². The normalized spacial score (nSPS) is 30.3. The molecule has 0 aromatic heterocycles. The molecule has 284 valence electrons.